The van der Waals surface area contributed by atoms with Crippen LogP contribution in [0.1, 0.15) is 5.56 Å². The van der Waals surface area contributed by atoms with Crippen molar-refractivity contribution in [2.24, 2.45) is 4.99 Å². The predicted octanol–water partition coefficient (Wildman–Crippen LogP) is 2.49. The third-order valence-corrected chi connectivity index (χ3v) is 2.17. The van der Waals surface area contributed by atoms with E-state index in [0.29, 0.717) is 10.5 Å². The maximum atomic E-state index is 12.4. The Bertz CT molecular complexity index is 506. The van der Waals surface area contributed by atoms with Crippen LogP contribution in [0.4, 0.5) is 18.9 Å². The second-order valence-corrected chi connectivity index (χ2v) is 3.31. The molecule has 0 saturated heterocycles. The Morgan fingerprint density at radius 1 is 1.24 bits per heavy atom. The van der Waals surface area contributed by atoms with Gasteiger partial charge in [-0.25, -0.2) is 0 Å². The third kappa shape index (κ3) is 2.20. The smallest absolute Gasteiger partial charge is 0.278 e. The van der Waals surface area contributed by atoms with Crippen LogP contribution in [0, 0.1) is 0 Å². The zero-order valence-electron chi connectivity index (χ0n) is 8.48. The van der Waals surface area contributed by atoms with Crippen molar-refractivity contribution in [1.29, 1.82) is 0 Å². The second kappa shape index (κ2) is 4.04. The minimum atomic E-state index is -4.91. The maximum Gasteiger partial charge on any atom is 0.472 e. The van der Waals surface area contributed by atoms with Gasteiger partial charge < -0.3 is 0 Å². The van der Waals surface area contributed by atoms with E-state index in [1.807, 2.05) is 0 Å². The highest BCUT2D eigenvalue weighted by Gasteiger charge is 2.43. The molecule has 6 heteroatoms. The number of alkyl halides is 3. The van der Waals surface area contributed by atoms with Crippen molar-refractivity contribution in [1.82, 2.24) is 0 Å². The minimum absolute atomic E-state index is 0.160. The Morgan fingerprint density at radius 3 is 2.65 bits per heavy atom. The zero-order valence-corrected chi connectivity index (χ0v) is 8.48. The highest BCUT2D eigenvalue weighted by molar-refractivity contribution is 6.03. The first-order valence-electron chi connectivity index (χ1n) is 4.69. The van der Waals surface area contributed by atoms with E-state index in [0.717, 1.165) is 12.4 Å². The molecule has 0 aliphatic carbocycles. The molecular weight excluding hydrogens is 233 g/mol. The van der Waals surface area contributed by atoms with Gasteiger partial charge in [0.15, 0.2) is 0 Å². The standard InChI is InChI=1S/C11H7F3N2O/c12-11(13,14)10(17)16-6-5-15-7-8-3-1-2-4-9(8)16/h1-7H. The highest BCUT2D eigenvalue weighted by Crippen LogP contribution is 2.27. The number of fused-ring (bicyclic) bond motifs is 1. The highest BCUT2D eigenvalue weighted by atomic mass is 19.4. The number of hydrogen-bond acceptors (Lipinski definition) is 2. The average molecular weight is 240 g/mol. The molecule has 0 bridgehead atoms. The van der Waals surface area contributed by atoms with Crippen molar-refractivity contribution >= 4 is 17.8 Å². The molecule has 17 heavy (non-hydrogen) atoms. The van der Waals surface area contributed by atoms with Crippen LogP contribution in [-0.4, -0.2) is 18.3 Å². The molecule has 1 aliphatic rings. The number of amides is 1. The van der Waals surface area contributed by atoms with E-state index in [9.17, 15) is 18.0 Å². The Morgan fingerprint density at radius 2 is 1.94 bits per heavy atom. The van der Waals surface area contributed by atoms with Gasteiger partial charge in [0.1, 0.15) is 0 Å². The molecule has 0 unspecified atom stereocenters. The molecule has 1 aromatic carbocycles. The van der Waals surface area contributed by atoms with Crippen LogP contribution in [-0.2, 0) is 4.79 Å². The normalized spacial score (nSPS) is 14.4. The number of hydrogen-bond donors (Lipinski definition) is 0. The molecule has 0 saturated carbocycles. The predicted molar refractivity (Wildman–Crippen MR) is 56.7 cm³/mol. The topological polar surface area (TPSA) is 32.7 Å². The average Bonchev–Trinajstić information content (AvgIpc) is 2.48. The van der Waals surface area contributed by atoms with Gasteiger partial charge in [0, 0.05) is 24.2 Å². The van der Waals surface area contributed by atoms with Crippen LogP contribution in [0.5, 0.6) is 0 Å². The molecule has 1 aliphatic heterocycles. The van der Waals surface area contributed by atoms with Crippen molar-refractivity contribution in [3.05, 3.63) is 42.2 Å². The molecule has 3 nitrogen and oxygen atoms in total. The van der Waals surface area contributed by atoms with Gasteiger partial charge in [-0.1, -0.05) is 18.2 Å². The monoisotopic (exact) mass is 240 g/mol. The molecule has 88 valence electrons. The lowest BCUT2D eigenvalue weighted by Crippen LogP contribution is -2.38. The molecule has 0 N–H and O–H groups in total. The van der Waals surface area contributed by atoms with Crippen LogP contribution >= 0.6 is 0 Å². The summed E-state index contributed by atoms with van der Waals surface area (Å²) in [4.78, 5) is 15.5. The van der Waals surface area contributed by atoms with Gasteiger partial charge >= 0.3 is 12.1 Å². The molecule has 1 heterocycles. The fourth-order valence-corrected chi connectivity index (χ4v) is 1.44. The second-order valence-electron chi connectivity index (χ2n) is 3.31. The van der Waals surface area contributed by atoms with E-state index in [-0.39, 0.29) is 5.69 Å². The number of anilines is 1. The number of carbonyl (C=O) groups excluding carboxylic acids is 1. The number of benzene rings is 1. The van der Waals surface area contributed by atoms with Crippen LogP contribution < -0.4 is 4.90 Å². The first kappa shape index (κ1) is 11.4. The summed E-state index contributed by atoms with van der Waals surface area (Å²) in [5.41, 5.74) is 0.613. The van der Waals surface area contributed by atoms with Crippen molar-refractivity contribution in [2.45, 2.75) is 6.18 Å². The Labute approximate surface area is 94.9 Å². The van der Waals surface area contributed by atoms with E-state index in [2.05, 4.69) is 4.99 Å². The van der Waals surface area contributed by atoms with Gasteiger partial charge in [-0.3, -0.25) is 14.7 Å². The number of carbonyl (C=O) groups is 1. The molecule has 0 aromatic heterocycles. The van der Waals surface area contributed by atoms with Crippen molar-refractivity contribution in [3.63, 3.8) is 0 Å². The quantitative estimate of drug-likeness (QED) is 0.685. The first-order valence-corrected chi connectivity index (χ1v) is 4.69. The largest absolute Gasteiger partial charge is 0.472 e. The summed E-state index contributed by atoms with van der Waals surface area (Å²) < 4.78 is 37.2. The van der Waals surface area contributed by atoms with Crippen LogP contribution in [0.3, 0.4) is 0 Å². The van der Waals surface area contributed by atoms with Gasteiger partial charge in [-0.15, -0.1) is 0 Å². The van der Waals surface area contributed by atoms with Crippen molar-refractivity contribution in [2.75, 3.05) is 4.90 Å². The summed E-state index contributed by atoms with van der Waals surface area (Å²) >= 11 is 0. The summed E-state index contributed by atoms with van der Waals surface area (Å²) in [5.74, 6) is -1.94. The number of aliphatic imine (C=N–C) groups is 1. The molecule has 0 fully saturated rings. The van der Waals surface area contributed by atoms with E-state index < -0.39 is 12.1 Å². The van der Waals surface area contributed by atoms with Crippen LogP contribution in [0.25, 0.3) is 0 Å². The molecule has 1 aromatic rings. The zero-order chi connectivity index (χ0) is 12.5. The van der Waals surface area contributed by atoms with Gasteiger partial charge in [0.2, 0.25) is 0 Å². The molecule has 0 radical (unpaired) electrons. The molecule has 1 amide bonds. The molecule has 0 atom stereocenters. The Balaban J connectivity index is 2.48. The Kier molecular flexibility index (Phi) is 2.71. The van der Waals surface area contributed by atoms with Crippen molar-refractivity contribution in [3.8, 4) is 0 Å². The number of para-hydroxylation sites is 1. The Hall–Kier alpha value is -2.11. The molecule has 2 rings (SSSR count). The fraction of sp³-hybridized carbons (Fsp3) is 0.0909. The van der Waals surface area contributed by atoms with Gasteiger partial charge in [0.05, 0.1) is 5.69 Å². The molecular formula is C11H7F3N2O. The summed E-state index contributed by atoms with van der Waals surface area (Å²) in [7, 11) is 0. The third-order valence-electron chi connectivity index (χ3n) is 2.17. The van der Waals surface area contributed by atoms with E-state index in [4.69, 9.17) is 0 Å². The number of rotatable bonds is 0. The summed E-state index contributed by atoms with van der Waals surface area (Å²) in [6.45, 7) is 0. The fourth-order valence-electron chi connectivity index (χ4n) is 1.44. The first-order chi connectivity index (χ1) is 8.00. The SMILES string of the molecule is O=C(N1C=CN=Cc2ccccc21)C(F)(F)F. The van der Waals surface area contributed by atoms with Gasteiger partial charge in [-0.05, 0) is 6.07 Å². The van der Waals surface area contributed by atoms with Crippen LogP contribution in [0.2, 0.25) is 0 Å². The summed E-state index contributed by atoms with van der Waals surface area (Å²) in [6.07, 6.45) is -1.38. The summed E-state index contributed by atoms with van der Waals surface area (Å²) in [5, 5.41) is 0. The molecule has 0 spiro atoms. The number of halogens is 3. The lowest BCUT2D eigenvalue weighted by atomic mass is 10.2. The summed E-state index contributed by atoms with van der Waals surface area (Å²) in [6, 6.07) is 6.23. The van der Waals surface area contributed by atoms with Crippen LogP contribution in [0.15, 0.2) is 41.7 Å². The lowest BCUT2D eigenvalue weighted by molar-refractivity contribution is -0.169. The van der Waals surface area contributed by atoms with Crippen molar-refractivity contribution < 1.29 is 18.0 Å². The lowest BCUT2D eigenvalue weighted by Gasteiger charge is -2.20. The van der Waals surface area contributed by atoms with E-state index >= 15 is 0 Å². The maximum absolute atomic E-state index is 12.4. The number of nitrogens with zero attached hydrogens (tertiary/aromatic N) is 2. The van der Waals surface area contributed by atoms with Gasteiger partial charge in [0.25, 0.3) is 0 Å². The van der Waals surface area contributed by atoms with E-state index in [1.165, 1.54) is 12.3 Å². The van der Waals surface area contributed by atoms with Gasteiger partial charge in [-0.2, -0.15) is 13.2 Å². The minimum Gasteiger partial charge on any atom is -0.278 e. The van der Waals surface area contributed by atoms with E-state index in [1.54, 1.807) is 18.2 Å².